The molecule has 1 aromatic carbocycles. The average molecular weight is 271 g/mol. The first-order chi connectivity index (χ1) is 8.04. The van der Waals surface area contributed by atoms with Crippen LogP contribution in [-0.2, 0) is 9.53 Å². The second-order valence-corrected chi connectivity index (χ2v) is 4.48. The van der Waals surface area contributed by atoms with E-state index in [1.54, 1.807) is 23.6 Å². The first kappa shape index (κ1) is 12.1. The lowest BCUT2D eigenvalue weighted by molar-refractivity contribution is -0.143. The smallest absolute Gasteiger partial charge is 0.328 e. The zero-order valence-corrected chi connectivity index (χ0v) is 10.9. The van der Waals surface area contributed by atoms with Crippen molar-refractivity contribution in [2.24, 2.45) is 0 Å². The molecular formula is C11H11ClN2O2S. The molecule has 0 aliphatic heterocycles. The second kappa shape index (κ2) is 4.50. The quantitative estimate of drug-likeness (QED) is 0.674. The fourth-order valence-electron chi connectivity index (χ4n) is 1.76. The summed E-state index contributed by atoms with van der Waals surface area (Å²) < 4.78 is 6.89. The maximum Gasteiger partial charge on any atom is 0.328 e. The lowest BCUT2D eigenvalue weighted by Gasteiger charge is -2.11. The highest BCUT2D eigenvalue weighted by molar-refractivity contribution is 7.71. The summed E-state index contributed by atoms with van der Waals surface area (Å²) in [7, 11) is 1.35. The van der Waals surface area contributed by atoms with Gasteiger partial charge < -0.3 is 14.3 Å². The Kier molecular flexibility index (Phi) is 3.22. The number of esters is 1. The molecule has 0 aliphatic carbocycles. The Morgan fingerprint density at radius 3 is 2.94 bits per heavy atom. The number of nitrogens with one attached hydrogen (secondary N) is 1. The molecule has 0 bridgehead atoms. The van der Waals surface area contributed by atoms with Crippen molar-refractivity contribution in [2.45, 2.75) is 13.0 Å². The van der Waals surface area contributed by atoms with Crippen molar-refractivity contribution < 1.29 is 9.53 Å². The Hall–Kier alpha value is -1.33. The largest absolute Gasteiger partial charge is 0.467 e. The third-order valence-electron chi connectivity index (χ3n) is 2.61. The van der Waals surface area contributed by atoms with Crippen LogP contribution in [0.15, 0.2) is 18.2 Å². The first-order valence-electron chi connectivity index (χ1n) is 5.02. The summed E-state index contributed by atoms with van der Waals surface area (Å²) >= 11 is 11.1. The van der Waals surface area contributed by atoms with Crippen LogP contribution in [0.4, 0.5) is 0 Å². The number of rotatable bonds is 2. The highest BCUT2D eigenvalue weighted by Gasteiger charge is 2.18. The lowest BCUT2D eigenvalue weighted by atomic mass is 10.3. The predicted molar refractivity (Wildman–Crippen MR) is 68.9 cm³/mol. The van der Waals surface area contributed by atoms with E-state index in [1.807, 2.05) is 6.07 Å². The molecule has 2 aromatic rings. The van der Waals surface area contributed by atoms with Crippen LogP contribution in [0.2, 0.25) is 5.02 Å². The van der Waals surface area contributed by atoms with Crippen molar-refractivity contribution in [2.75, 3.05) is 7.11 Å². The SMILES string of the molecule is COC(=O)C(C)n1c(=S)[nH]c2ccc(Cl)cc21. The van der Waals surface area contributed by atoms with E-state index in [1.165, 1.54) is 7.11 Å². The number of carbonyl (C=O) groups excluding carboxylic acids is 1. The summed E-state index contributed by atoms with van der Waals surface area (Å²) in [6.07, 6.45) is 0. The van der Waals surface area contributed by atoms with Gasteiger partial charge >= 0.3 is 5.97 Å². The first-order valence-corrected chi connectivity index (χ1v) is 5.81. The standard InChI is InChI=1S/C11H11ClN2O2S/c1-6(10(15)16-2)14-9-5-7(12)3-4-8(9)13-11(14)17/h3-6H,1-2H3,(H,13,17). The number of methoxy groups -OCH3 is 1. The molecule has 0 saturated carbocycles. The fourth-order valence-corrected chi connectivity index (χ4v) is 2.29. The number of hydrogen-bond donors (Lipinski definition) is 1. The van der Waals surface area contributed by atoms with E-state index in [-0.39, 0.29) is 5.97 Å². The molecule has 0 aliphatic rings. The number of hydrogen-bond acceptors (Lipinski definition) is 3. The zero-order valence-electron chi connectivity index (χ0n) is 9.36. The summed E-state index contributed by atoms with van der Waals surface area (Å²) in [5, 5.41) is 0.595. The van der Waals surface area contributed by atoms with Crippen LogP contribution >= 0.6 is 23.8 Å². The predicted octanol–water partition coefficient (Wildman–Crippen LogP) is 3.09. The van der Waals surface area contributed by atoms with E-state index >= 15 is 0 Å². The molecule has 2 rings (SSSR count). The summed E-state index contributed by atoms with van der Waals surface area (Å²) in [5.41, 5.74) is 1.63. The van der Waals surface area contributed by atoms with Crippen molar-refractivity contribution in [1.82, 2.24) is 9.55 Å². The number of imidazole rings is 1. The van der Waals surface area contributed by atoms with E-state index in [0.29, 0.717) is 9.79 Å². The van der Waals surface area contributed by atoms with Gasteiger partial charge in [-0.05, 0) is 37.3 Å². The van der Waals surface area contributed by atoms with Gasteiger partial charge in [-0.3, -0.25) is 0 Å². The third-order valence-corrected chi connectivity index (χ3v) is 3.14. The monoisotopic (exact) mass is 270 g/mol. The lowest BCUT2D eigenvalue weighted by Crippen LogP contribution is -2.17. The number of benzene rings is 1. The molecule has 0 fully saturated rings. The molecule has 0 radical (unpaired) electrons. The highest BCUT2D eigenvalue weighted by atomic mass is 35.5. The fraction of sp³-hybridized carbons (Fsp3) is 0.273. The van der Waals surface area contributed by atoms with Crippen molar-refractivity contribution in [3.63, 3.8) is 0 Å². The van der Waals surface area contributed by atoms with Crippen molar-refractivity contribution in [3.05, 3.63) is 28.0 Å². The van der Waals surface area contributed by atoms with E-state index in [9.17, 15) is 4.79 Å². The molecule has 1 heterocycles. The van der Waals surface area contributed by atoms with Crippen molar-refractivity contribution in [3.8, 4) is 0 Å². The van der Waals surface area contributed by atoms with Crippen LogP contribution in [0.3, 0.4) is 0 Å². The molecule has 1 atom stereocenters. The molecule has 0 amide bonds. The van der Waals surface area contributed by atoms with Gasteiger partial charge in [-0.25, -0.2) is 4.79 Å². The van der Waals surface area contributed by atoms with Gasteiger partial charge in [-0.1, -0.05) is 11.6 Å². The van der Waals surface area contributed by atoms with Crippen LogP contribution in [0.1, 0.15) is 13.0 Å². The number of nitrogens with zero attached hydrogens (tertiary/aromatic N) is 1. The Labute approximate surface area is 108 Å². The van der Waals surface area contributed by atoms with Crippen LogP contribution in [-0.4, -0.2) is 22.6 Å². The highest BCUT2D eigenvalue weighted by Crippen LogP contribution is 2.23. The number of carbonyl (C=O) groups is 1. The minimum atomic E-state index is -0.486. The molecule has 0 saturated heterocycles. The Bertz CT molecular complexity index is 632. The minimum absolute atomic E-state index is 0.345. The number of aromatic amines is 1. The second-order valence-electron chi connectivity index (χ2n) is 3.66. The van der Waals surface area contributed by atoms with Gasteiger partial charge in [0.1, 0.15) is 6.04 Å². The van der Waals surface area contributed by atoms with Gasteiger partial charge in [0, 0.05) is 5.02 Å². The van der Waals surface area contributed by atoms with E-state index in [4.69, 9.17) is 28.6 Å². The molecule has 1 aromatic heterocycles. The molecule has 6 heteroatoms. The van der Waals surface area contributed by atoms with Crippen molar-refractivity contribution in [1.29, 1.82) is 0 Å². The molecule has 1 unspecified atom stereocenters. The normalized spacial score (nSPS) is 12.6. The number of fused-ring (bicyclic) bond motifs is 1. The number of aromatic nitrogens is 2. The number of ether oxygens (including phenoxy) is 1. The van der Waals surface area contributed by atoms with Crippen molar-refractivity contribution >= 4 is 40.8 Å². The maximum atomic E-state index is 11.6. The molecule has 0 spiro atoms. The van der Waals surface area contributed by atoms with Gasteiger partial charge in [0.25, 0.3) is 0 Å². The third kappa shape index (κ3) is 2.08. The molecule has 4 nitrogen and oxygen atoms in total. The summed E-state index contributed by atoms with van der Waals surface area (Å²) in [6, 6.07) is 4.87. The van der Waals surface area contributed by atoms with E-state index in [0.717, 1.165) is 11.0 Å². The van der Waals surface area contributed by atoms with E-state index in [2.05, 4.69) is 4.98 Å². The maximum absolute atomic E-state index is 11.6. The minimum Gasteiger partial charge on any atom is -0.467 e. The summed E-state index contributed by atoms with van der Waals surface area (Å²) in [6.45, 7) is 1.73. The molecule has 17 heavy (non-hydrogen) atoms. The molecule has 90 valence electrons. The topological polar surface area (TPSA) is 47.0 Å². The number of halogens is 1. The van der Waals surface area contributed by atoms with Crippen LogP contribution in [0.25, 0.3) is 11.0 Å². The van der Waals surface area contributed by atoms with Crippen LogP contribution in [0, 0.1) is 4.77 Å². The van der Waals surface area contributed by atoms with Crippen LogP contribution < -0.4 is 0 Å². The van der Waals surface area contributed by atoms with Gasteiger partial charge in [0.2, 0.25) is 0 Å². The average Bonchev–Trinajstić information content (AvgIpc) is 2.62. The Morgan fingerprint density at radius 1 is 1.59 bits per heavy atom. The zero-order chi connectivity index (χ0) is 12.6. The number of H-pyrrole nitrogens is 1. The summed E-state index contributed by atoms with van der Waals surface area (Å²) in [4.78, 5) is 14.6. The van der Waals surface area contributed by atoms with Gasteiger partial charge in [-0.2, -0.15) is 0 Å². The summed E-state index contributed by atoms with van der Waals surface area (Å²) in [5.74, 6) is -0.345. The van der Waals surface area contributed by atoms with Gasteiger partial charge in [0.15, 0.2) is 4.77 Å². The van der Waals surface area contributed by atoms with Gasteiger partial charge in [0.05, 0.1) is 18.1 Å². The Morgan fingerprint density at radius 2 is 2.29 bits per heavy atom. The molecule has 1 N–H and O–H groups in total. The Balaban J connectivity index is 2.67. The molecular weight excluding hydrogens is 260 g/mol. The van der Waals surface area contributed by atoms with E-state index < -0.39 is 6.04 Å². The van der Waals surface area contributed by atoms with Crippen LogP contribution in [0.5, 0.6) is 0 Å². The van der Waals surface area contributed by atoms with Gasteiger partial charge in [-0.15, -0.1) is 0 Å².